The van der Waals surface area contributed by atoms with Gasteiger partial charge in [0.2, 0.25) is 0 Å². The maximum Gasteiger partial charge on any atom is 0.266 e. The standard InChI is InChI=1S/C27H25ClN2O4/c1-3-32-23-10-7-9-22(16-23)30-27(31)21(17-29)14-19-12-13-25(26(15-19)33-4-2)34-18-20-8-5-6-11-24(20)28/h5-16H,3-4,18H2,1-2H3,(H,30,31)/b21-14-. The number of nitrogens with zero attached hydrogens (tertiary/aromatic N) is 1. The summed E-state index contributed by atoms with van der Waals surface area (Å²) >= 11 is 6.21. The van der Waals surface area contributed by atoms with Gasteiger partial charge >= 0.3 is 0 Å². The van der Waals surface area contributed by atoms with Crippen LogP contribution in [-0.2, 0) is 11.4 Å². The Bertz CT molecular complexity index is 1220. The molecule has 6 nitrogen and oxygen atoms in total. The van der Waals surface area contributed by atoms with E-state index < -0.39 is 5.91 Å². The zero-order valence-corrected chi connectivity index (χ0v) is 19.8. The van der Waals surface area contributed by atoms with Gasteiger partial charge in [-0.25, -0.2) is 0 Å². The minimum atomic E-state index is -0.520. The van der Waals surface area contributed by atoms with Gasteiger partial charge in [-0.3, -0.25) is 4.79 Å². The zero-order chi connectivity index (χ0) is 24.3. The third-order valence-corrected chi connectivity index (χ3v) is 5.06. The van der Waals surface area contributed by atoms with E-state index in [1.807, 2.05) is 38.1 Å². The molecular formula is C27H25ClN2O4. The monoisotopic (exact) mass is 476 g/mol. The first-order chi connectivity index (χ1) is 16.5. The van der Waals surface area contributed by atoms with Gasteiger partial charge in [-0.05, 0) is 55.8 Å². The summed E-state index contributed by atoms with van der Waals surface area (Å²) in [5.41, 5.74) is 1.97. The van der Waals surface area contributed by atoms with Crippen LogP contribution in [0.4, 0.5) is 5.69 Å². The van der Waals surface area contributed by atoms with Gasteiger partial charge < -0.3 is 19.5 Å². The van der Waals surface area contributed by atoms with Crippen molar-refractivity contribution in [2.24, 2.45) is 0 Å². The lowest BCUT2D eigenvalue weighted by Crippen LogP contribution is -2.13. The predicted molar refractivity (Wildman–Crippen MR) is 133 cm³/mol. The molecule has 7 heteroatoms. The second-order valence-corrected chi connectivity index (χ2v) is 7.51. The summed E-state index contributed by atoms with van der Waals surface area (Å²) in [6, 6.07) is 21.6. The molecule has 0 atom stereocenters. The van der Waals surface area contributed by atoms with Crippen molar-refractivity contribution in [3.8, 4) is 23.3 Å². The lowest BCUT2D eigenvalue weighted by molar-refractivity contribution is -0.112. The Balaban J connectivity index is 1.77. The highest BCUT2D eigenvalue weighted by molar-refractivity contribution is 6.31. The first-order valence-corrected chi connectivity index (χ1v) is 11.2. The van der Waals surface area contributed by atoms with Crippen molar-refractivity contribution >= 4 is 29.3 Å². The molecule has 0 radical (unpaired) electrons. The van der Waals surface area contributed by atoms with E-state index >= 15 is 0 Å². The zero-order valence-electron chi connectivity index (χ0n) is 19.0. The van der Waals surface area contributed by atoms with Crippen LogP contribution in [0.2, 0.25) is 5.02 Å². The number of ether oxygens (including phenoxy) is 3. The number of rotatable bonds is 10. The molecule has 0 unspecified atom stereocenters. The molecule has 0 aliphatic rings. The number of hydrogen-bond acceptors (Lipinski definition) is 5. The van der Waals surface area contributed by atoms with Gasteiger partial charge in [-0.15, -0.1) is 0 Å². The van der Waals surface area contributed by atoms with E-state index in [1.54, 1.807) is 48.5 Å². The van der Waals surface area contributed by atoms with E-state index in [9.17, 15) is 10.1 Å². The molecule has 174 valence electrons. The summed E-state index contributed by atoms with van der Waals surface area (Å²) in [5, 5.41) is 12.9. The van der Waals surface area contributed by atoms with Crippen molar-refractivity contribution in [2.45, 2.75) is 20.5 Å². The summed E-state index contributed by atoms with van der Waals surface area (Å²) in [4.78, 5) is 12.7. The van der Waals surface area contributed by atoms with Crippen LogP contribution in [0.25, 0.3) is 6.08 Å². The molecule has 3 rings (SSSR count). The topological polar surface area (TPSA) is 80.6 Å². The second-order valence-electron chi connectivity index (χ2n) is 7.10. The van der Waals surface area contributed by atoms with E-state index in [1.165, 1.54) is 6.08 Å². The lowest BCUT2D eigenvalue weighted by Gasteiger charge is -2.13. The Morgan fingerprint density at radius 3 is 2.50 bits per heavy atom. The highest BCUT2D eigenvalue weighted by atomic mass is 35.5. The van der Waals surface area contributed by atoms with E-state index in [4.69, 9.17) is 25.8 Å². The number of carbonyl (C=O) groups excluding carboxylic acids is 1. The van der Waals surface area contributed by atoms with Crippen molar-refractivity contribution in [3.63, 3.8) is 0 Å². The molecule has 0 aliphatic heterocycles. The fourth-order valence-corrected chi connectivity index (χ4v) is 3.31. The number of benzene rings is 3. The molecule has 0 aliphatic carbocycles. The van der Waals surface area contributed by atoms with Crippen molar-refractivity contribution < 1.29 is 19.0 Å². The Kier molecular flexibility index (Phi) is 8.96. The molecule has 0 aromatic heterocycles. The van der Waals surface area contributed by atoms with E-state index in [0.29, 0.717) is 46.7 Å². The summed E-state index contributed by atoms with van der Waals surface area (Å²) in [6.45, 7) is 4.97. The van der Waals surface area contributed by atoms with Crippen molar-refractivity contribution in [1.82, 2.24) is 0 Å². The first kappa shape index (κ1) is 24.7. The van der Waals surface area contributed by atoms with Crippen molar-refractivity contribution in [2.75, 3.05) is 18.5 Å². The second kappa shape index (κ2) is 12.3. The SMILES string of the molecule is CCOc1cccc(NC(=O)/C(C#N)=C\c2ccc(OCc3ccccc3Cl)c(OCC)c2)c1. The van der Waals surface area contributed by atoms with Crippen LogP contribution in [0.1, 0.15) is 25.0 Å². The smallest absolute Gasteiger partial charge is 0.266 e. The average molecular weight is 477 g/mol. The fraction of sp³-hybridized carbons (Fsp3) is 0.185. The van der Waals surface area contributed by atoms with Gasteiger partial charge in [-0.2, -0.15) is 5.26 Å². The molecule has 0 bridgehead atoms. The van der Waals surface area contributed by atoms with E-state index in [2.05, 4.69) is 5.32 Å². The average Bonchev–Trinajstić information content (AvgIpc) is 2.83. The van der Waals surface area contributed by atoms with Crippen LogP contribution in [0, 0.1) is 11.3 Å². The first-order valence-electron chi connectivity index (χ1n) is 10.8. The normalized spacial score (nSPS) is 10.8. The van der Waals surface area contributed by atoms with E-state index in [-0.39, 0.29) is 12.2 Å². The molecular weight excluding hydrogens is 452 g/mol. The molecule has 0 saturated heterocycles. The Hall–Kier alpha value is -3.95. The molecule has 1 amide bonds. The number of nitriles is 1. The van der Waals surface area contributed by atoms with Gasteiger partial charge in [0.25, 0.3) is 5.91 Å². The molecule has 3 aromatic rings. The molecule has 0 fully saturated rings. The Morgan fingerprint density at radius 2 is 1.76 bits per heavy atom. The summed E-state index contributed by atoms with van der Waals surface area (Å²) in [6.07, 6.45) is 1.50. The Labute approximate surface area is 204 Å². The Morgan fingerprint density at radius 1 is 0.971 bits per heavy atom. The van der Waals surface area contributed by atoms with Gasteiger partial charge in [-0.1, -0.05) is 41.9 Å². The number of nitrogens with one attached hydrogen (secondary N) is 1. The number of anilines is 1. The minimum absolute atomic E-state index is 0.0472. The third kappa shape index (κ3) is 6.77. The summed E-state index contributed by atoms with van der Waals surface area (Å²) < 4.78 is 17.1. The number of amides is 1. The van der Waals surface area contributed by atoms with Crippen LogP contribution < -0.4 is 19.5 Å². The van der Waals surface area contributed by atoms with Gasteiger partial charge in [0.1, 0.15) is 24.0 Å². The number of halogens is 1. The molecule has 0 saturated carbocycles. The van der Waals surface area contributed by atoms with Crippen LogP contribution in [0.15, 0.2) is 72.3 Å². The van der Waals surface area contributed by atoms with Gasteiger partial charge in [0.15, 0.2) is 11.5 Å². The highest BCUT2D eigenvalue weighted by Gasteiger charge is 2.12. The van der Waals surface area contributed by atoms with Crippen molar-refractivity contribution in [3.05, 3.63) is 88.5 Å². The van der Waals surface area contributed by atoms with Crippen LogP contribution in [-0.4, -0.2) is 19.1 Å². The molecule has 0 spiro atoms. The summed E-state index contributed by atoms with van der Waals surface area (Å²) in [5.74, 6) is 1.16. The minimum Gasteiger partial charge on any atom is -0.494 e. The molecule has 3 aromatic carbocycles. The van der Waals surface area contributed by atoms with Crippen LogP contribution >= 0.6 is 11.6 Å². The summed E-state index contributed by atoms with van der Waals surface area (Å²) in [7, 11) is 0. The fourth-order valence-electron chi connectivity index (χ4n) is 3.12. The molecule has 34 heavy (non-hydrogen) atoms. The number of hydrogen-bond donors (Lipinski definition) is 1. The number of carbonyl (C=O) groups is 1. The molecule has 0 heterocycles. The predicted octanol–water partition coefficient (Wildman–Crippen LogP) is 6.26. The largest absolute Gasteiger partial charge is 0.494 e. The lowest BCUT2D eigenvalue weighted by atomic mass is 10.1. The van der Waals surface area contributed by atoms with Crippen LogP contribution in [0.3, 0.4) is 0 Å². The maximum absolute atomic E-state index is 12.7. The van der Waals surface area contributed by atoms with Gasteiger partial charge in [0.05, 0.1) is 13.2 Å². The maximum atomic E-state index is 12.7. The third-order valence-electron chi connectivity index (χ3n) is 4.69. The van der Waals surface area contributed by atoms with Crippen molar-refractivity contribution in [1.29, 1.82) is 5.26 Å². The van der Waals surface area contributed by atoms with Crippen LogP contribution in [0.5, 0.6) is 17.2 Å². The quantitative estimate of drug-likeness (QED) is 0.276. The molecule has 1 N–H and O–H groups in total. The van der Waals surface area contributed by atoms with E-state index in [0.717, 1.165) is 5.56 Å². The van der Waals surface area contributed by atoms with Gasteiger partial charge in [0, 0.05) is 22.3 Å². The highest BCUT2D eigenvalue weighted by Crippen LogP contribution is 2.31.